The lowest BCUT2D eigenvalue weighted by Gasteiger charge is -2.46. The minimum Gasteiger partial charge on any atom is -0.444 e. The molecule has 6 heteroatoms. The van der Waals surface area contributed by atoms with Gasteiger partial charge in [0.25, 0.3) is 0 Å². The Bertz CT molecular complexity index is 525. The number of nitrogens with zero attached hydrogens (tertiary/aromatic N) is 3. The van der Waals surface area contributed by atoms with Crippen LogP contribution in [0.15, 0.2) is 6.07 Å². The van der Waals surface area contributed by atoms with E-state index in [9.17, 15) is 9.90 Å². The Kier molecular flexibility index (Phi) is 4.02. The molecule has 1 fully saturated rings. The molecule has 0 aromatic carbocycles. The lowest BCUT2D eigenvalue weighted by molar-refractivity contribution is -0.0982. The molecule has 118 valence electrons. The molecule has 1 saturated heterocycles. The highest BCUT2D eigenvalue weighted by Gasteiger charge is 2.45. The largest absolute Gasteiger partial charge is 0.444 e. The molecular weight excluding hydrogens is 270 g/mol. The van der Waals surface area contributed by atoms with E-state index in [1.54, 1.807) is 0 Å². The third-order valence-electron chi connectivity index (χ3n) is 3.42. The zero-order chi connectivity index (χ0) is 15.8. The van der Waals surface area contributed by atoms with E-state index < -0.39 is 11.2 Å². The number of aromatic nitrogens is 2. The Morgan fingerprint density at radius 2 is 2.10 bits per heavy atom. The van der Waals surface area contributed by atoms with Crippen LogP contribution in [0.5, 0.6) is 0 Å². The molecule has 0 aliphatic carbocycles. The first-order valence-corrected chi connectivity index (χ1v) is 7.35. The van der Waals surface area contributed by atoms with Crippen LogP contribution in [0.25, 0.3) is 0 Å². The molecule has 1 aliphatic rings. The summed E-state index contributed by atoms with van der Waals surface area (Å²) in [5, 5.41) is 14.9. The molecular formula is C15H25N3O3. The van der Waals surface area contributed by atoms with Crippen molar-refractivity contribution in [1.29, 1.82) is 0 Å². The second-order valence-electron chi connectivity index (χ2n) is 6.83. The smallest absolute Gasteiger partial charge is 0.410 e. The van der Waals surface area contributed by atoms with Gasteiger partial charge in [0.1, 0.15) is 11.2 Å². The average molecular weight is 295 g/mol. The van der Waals surface area contributed by atoms with Crippen molar-refractivity contribution in [2.75, 3.05) is 13.1 Å². The van der Waals surface area contributed by atoms with Gasteiger partial charge in [0.2, 0.25) is 0 Å². The predicted molar refractivity (Wildman–Crippen MR) is 79.1 cm³/mol. The van der Waals surface area contributed by atoms with E-state index in [2.05, 4.69) is 5.10 Å². The molecule has 21 heavy (non-hydrogen) atoms. The number of ether oxygens (including phenoxy) is 1. The van der Waals surface area contributed by atoms with Crippen molar-refractivity contribution in [2.45, 2.75) is 58.8 Å². The number of aryl methyl sites for hydroxylation is 2. The van der Waals surface area contributed by atoms with E-state index in [1.165, 1.54) is 4.90 Å². The van der Waals surface area contributed by atoms with Crippen LogP contribution in [0.4, 0.5) is 4.79 Å². The third-order valence-corrected chi connectivity index (χ3v) is 3.42. The summed E-state index contributed by atoms with van der Waals surface area (Å²) in [7, 11) is 0. The quantitative estimate of drug-likeness (QED) is 0.922. The molecule has 0 saturated carbocycles. The highest BCUT2D eigenvalue weighted by molar-refractivity contribution is 5.69. The second kappa shape index (κ2) is 5.33. The first kappa shape index (κ1) is 15.8. The number of hydrogen-bond acceptors (Lipinski definition) is 4. The van der Waals surface area contributed by atoms with Gasteiger partial charge in [-0.2, -0.15) is 5.10 Å². The molecule has 0 bridgehead atoms. The Balaban J connectivity index is 1.94. The van der Waals surface area contributed by atoms with Crippen molar-refractivity contribution in [2.24, 2.45) is 0 Å². The van der Waals surface area contributed by atoms with Crippen molar-refractivity contribution in [3.63, 3.8) is 0 Å². The van der Waals surface area contributed by atoms with Crippen molar-refractivity contribution in [3.8, 4) is 0 Å². The van der Waals surface area contributed by atoms with Crippen LogP contribution in [0.1, 0.15) is 39.1 Å². The van der Waals surface area contributed by atoms with E-state index in [-0.39, 0.29) is 6.09 Å². The molecule has 0 atom stereocenters. The van der Waals surface area contributed by atoms with Gasteiger partial charge in [0.05, 0.1) is 18.8 Å². The molecule has 1 amide bonds. The number of likely N-dealkylation sites (tertiary alicyclic amines) is 1. The predicted octanol–water partition coefficient (Wildman–Crippen LogP) is 1.74. The van der Waals surface area contributed by atoms with Crippen LogP contribution in [-0.2, 0) is 17.7 Å². The third kappa shape index (κ3) is 3.75. The molecule has 2 heterocycles. The number of rotatable bonds is 3. The van der Waals surface area contributed by atoms with Gasteiger partial charge in [-0.3, -0.25) is 4.68 Å². The monoisotopic (exact) mass is 295 g/mol. The number of aliphatic hydroxyl groups is 1. The lowest BCUT2D eigenvalue weighted by atomic mass is 9.89. The maximum Gasteiger partial charge on any atom is 0.410 e. The van der Waals surface area contributed by atoms with Crippen LogP contribution in [-0.4, -0.2) is 50.2 Å². The van der Waals surface area contributed by atoms with Gasteiger partial charge >= 0.3 is 6.09 Å². The Hall–Kier alpha value is -1.56. The van der Waals surface area contributed by atoms with Crippen LogP contribution in [0.2, 0.25) is 0 Å². The number of carbonyl (C=O) groups is 1. The highest BCUT2D eigenvalue weighted by atomic mass is 16.6. The SMILES string of the molecule is CCn1nc(C)cc1CC1(O)CN(C(=O)OC(C)(C)C)C1. The van der Waals surface area contributed by atoms with Gasteiger partial charge in [0, 0.05) is 18.7 Å². The number of amides is 1. The molecule has 0 unspecified atom stereocenters. The first-order valence-electron chi connectivity index (χ1n) is 7.35. The Morgan fingerprint density at radius 1 is 1.48 bits per heavy atom. The number of β-amino-alcohol motifs (C(OH)–C–C–N with tert-alkyl or cyclic N) is 1. The van der Waals surface area contributed by atoms with E-state index >= 15 is 0 Å². The molecule has 6 nitrogen and oxygen atoms in total. The van der Waals surface area contributed by atoms with Gasteiger partial charge in [0.15, 0.2) is 0 Å². The summed E-state index contributed by atoms with van der Waals surface area (Å²) in [6.07, 6.45) is 0.133. The van der Waals surface area contributed by atoms with Crippen LogP contribution < -0.4 is 0 Å². The van der Waals surface area contributed by atoms with E-state index in [0.29, 0.717) is 19.5 Å². The fourth-order valence-corrected chi connectivity index (χ4v) is 2.58. The molecule has 0 spiro atoms. The van der Waals surface area contributed by atoms with Crippen molar-refractivity contribution < 1.29 is 14.6 Å². The van der Waals surface area contributed by atoms with Crippen LogP contribution >= 0.6 is 0 Å². The average Bonchev–Trinajstić information content (AvgIpc) is 2.63. The summed E-state index contributed by atoms with van der Waals surface area (Å²) in [4.78, 5) is 13.4. The molecule has 1 aromatic rings. The molecule has 0 radical (unpaired) electrons. The topological polar surface area (TPSA) is 67.6 Å². The molecule has 1 aliphatic heterocycles. The lowest BCUT2D eigenvalue weighted by Crippen LogP contribution is -2.65. The van der Waals surface area contributed by atoms with Gasteiger partial charge in [-0.1, -0.05) is 0 Å². The van der Waals surface area contributed by atoms with Crippen molar-refractivity contribution >= 4 is 6.09 Å². The van der Waals surface area contributed by atoms with Crippen LogP contribution in [0.3, 0.4) is 0 Å². The molecule has 1 aromatic heterocycles. The normalized spacial score (nSPS) is 17.5. The van der Waals surface area contributed by atoms with E-state index in [1.807, 2.05) is 45.4 Å². The number of carbonyl (C=O) groups excluding carboxylic acids is 1. The Morgan fingerprint density at radius 3 is 2.62 bits per heavy atom. The van der Waals surface area contributed by atoms with Gasteiger partial charge in [-0.05, 0) is 40.7 Å². The summed E-state index contributed by atoms with van der Waals surface area (Å²) in [6.45, 7) is 10.8. The minimum absolute atomic E-state index is 0.301. The zero-order valence-electron chi connectivity index (χ0n) is 13.5. The summed E-state index contributed by atoms with van der Waals surface area (Å²) < 4.78 is 7.18. The highest BCUT2D eigenvalue weighted by Crippen LogP contribution is 2.27. The molecule has 2 rings (SSSR count). The fraction of sp³-hybridized carbons (Fsp3) is 0.733. The summed E-state index contributed by atoms with van der Waals surface area (Å²) >= 11 is 0. The van der Waals surface area contributed by atoms with Crippen molar-refractivity contribution in [3.05, 3.63) is 17.5 Å². The standard InChI is InChI=1S/C15H25N3O3/c1-6-18-12(7-11(2)16-18)8-15(20)9-17(10-15)13(19)21-14(3,4)5/h7,20H,6,8-10H2,1-5H3. The zero-order valence-corrected chi connectivity index (χ0v) is 13.5. The fourth-order valence-electron chi connectivity index (χ4n) is 2.58. The molecule has 1 N–H and O–H groups in total. The summed E-state index contributed by atoms with van der Waals surface area (Å²) in [5.41, 5.74) is 0.555. The first-order chi connectivity index (χ1) is 9.62. The van der Waals surface area contributed by atoms with Gasteiger partial charge in [-0.15, -0.1) is 0 Å². The number of hydrogen-bond donors (Lipinski definition) is 1. The maximum absolute atomic E-state index is 11.9. The minimum atomic E-state index is -0.879. The Labute approximate surface area is 125 Å². The van der Waals surface area contributed by atoms with Gasteiger partial charge in [-0.25, -0.2) is 4.79 Å². The van der Waals surface area contributed by atoms with E-state index in [4.69, 9.17) is 4.74 Å². The van der Waals surface area contributed by atoms with Gasteiger partial charge < -0.3 is 14.7 Å². The van der Waals surface area contributed by atoms with Crippen molar-refractivity contribution in [1.82, 2.24) is 14.7 Å². The summed E-state index contributed by atoms with van der Waals surface area (Å²) in [5.74, 6) is 0. The summed E-state index contributed by atoms with van der Waals surface area (Å²) in [6, 6.07) is 1.98. The van der Waals surface area contributed by atoms with E-state index in [0.717, 1.165) is 17.9 Å². The van der Waals surface area contributed by atoms with Crippen LogP contribution in [0, 0.1) is 6.92 Å². The maximum atomic E-state index is 11.9. The second-order valence-corrected chi connectivity index (χ2v) is 6.83.